The second-order valence-electron chi connectivity index (χ2n) is 3.56. The first-order valence-corrected chi connectivity index (χ1v) is 5.75. The zero-order chi connectivity index (χ0) is 13.0. The monoisotopic (exact) mass is 305 g/mol. The lowest BCUT2D eigenvalue weighted by molar-refractivity contribution is -0.137. The molecule has 0 bridgehead atoms. The van der Waals surface area contributed by atoms with Gasteiger partial charge in [0.25, 0.3) is 0 Å². The maximum Gasteiger partial charge on any atom is 0.303 e. The number of rotatable bonds is 5. The summed E-state index contributed by atoms with van der Waals surface area (Å²) < 4.78 is 18.9. The number of halogens is 2. The second-order valence-corrected chi connectivity index (χ2v) is 4.41. The summed E-state index contributed by atoms with van der Waals surface area (Å²) in [6.07, 6.45) is 0.208. The number of aliphatic carboxylic acids is 1. The van der Waals surface area contributed by atoms with Crippen LogP contribution >= 0.6 is 15.9 Å². The quantitative estimate of drug-likeness (QED) is 0.876. The van der Waals surface area contributed by atoms with Crippen LogP contribution in [0.4, 0.5) is 4.39 Å². The van der Waals surface area contributed by atoms with Crippen LogP contribution in [0.1, 0.15) is 24.4 Å². The third-order valence-electron chi connectivity index (χ3n) is 2.32. The molecule has 0 heterocycles. The van der Waals surface area contributed by atoms with E-state index in [4.69, 9.17) is 15.6 Å². The van der Waals surface area contributed by atoms with Crippen molar-refractivity contribution in [2.24, 2.45) is 5.73 Å². The van der Waals surface area contributed by atoms with E-state index in [9.17, 15) is 9.18 Å². The van der Waals surface area contributed by atoms with Gasteiger partial charge in [-0.3, -0.25) is 4.79 Å². The van der Waals surface area contributed by atoms with Crippen molar-refractivity contribution in [2.45, 2.75) is 18.9 Å². The number of benzene rings is 1. The van der Waals surface area contributed by atoms with E-state index in [1.165, 1.54) is 13.2 Å². The summed E-state index contributed by atoms with van der Waals surface area (Å²) >= 11 is 3.17. The number of carboxylic acid groups (broad SMARTS) is 1. The van der Waals surface area contributed by atoms with E-state index in [2.05, 4.69) is 15.9 Å². The van der Waals surface area contributed by atoms with E-state index in [0.29, 0.717) is 10.0 Å². The van der Waals surface area contributed by atoms with Crippen molar-refractivity contribution in [2.75, 3.05) is 7.11 Å². The molecule has 3 N–H and O–H groups in total. The molecule has 1 unspecified atom stereocenters. The average molecular weight is 306 g/mol. The van der Waals surface area contributed by atoms with Crippen molar-refractivity contribution in [3.05, 3.63) is 28.0 Å². The molecule has 0 fully saturated rings. The van der Waals surface area contributed by atoms with Gasteiger partial charge in [0.05, 0.1) is 11.6 Å². The van der Waals surface area contributed by atoms with E-state index >= 15 is 0 Å². The van der Waals surface area contributed by atoms with Gasteiger partial charge in [0.15, 0.2) is 11.6 Å². The lowest BCUT2D eigenvalue weighted by Gasteiger charge is -2.13. The highest BCUT2D eigenvalue weighted by atomic mass is 79.9. The first-order valence-electron chi connectivity index (χ1n) is 4.96. The number of ether oxygens (including phenoxy) is 1. The molecule has 1 aromatic rings. The van der Waals surface area contributed by atoms with Crippen LogP contribution in [0.15, 0.2) is 16.6 Å². The normalized spacial score (nSPS) is 12.2. The van der Waals surface area contributed by atoms with E-state index in [1.54, 1.807) is 6.07 Å². The number of nitrogens with two attached hydrogens (primary N) is 1. The molecular formula is C11H13BrFNO3. The van der Waals surface area contributed by atoms with Crippen LogP contribution in [0.5, 0.6) is 5.75 Å². The SMILES string of the molecule is COc1c(F)cc(C(N)CCC(=O)O)cc1Br. The Morgan fingerprint density at radius 2 is 2.29 bits per heavy atom. The smallest absolute Gasteiger partial charge is 0.303 e. The third-order valence-corrected chi connectivity index (χ3v) is 2.91. The largest absolute Gasteiger partial charge is 0.492 e. The second kappa shape index (κ2) is 5.97. The van der Waals surface area contributed by atoms with Crippen molar-refractivity contribution in [1.82, 2.24) is 0 Å². The van der Waals surface area contributed by atoms with Gasteiger partial charge < -0.3 is 15.6 Å². The van der Waals surface area contributed by atoms with E-state index in [-0.39, 0.29) is 18.6 Å². The number of hydrogen-bond acceptors (Lipinski definition) is 3. The molecule has 0 radical (unpaired) electrons. The van der Waals surface area contributed by atoms with Crippen LogP contribution < -0.4 is 10.5 Å². The zero-order valence-electron chi connectivity index (χ0n) is 9.24. The average Bonchev–Trinajstić information content (AvgIpc) is 2.25. The summed E-state index contributed by atoms with van der Waals surface area (Å²) in [7, 11) is 1.37. The summed E-state index contributed by atoms with van der Waals surface area (Å²) in [6.45, 7) is 0. The third kappa shape index (κ3) is 3.67. The fourth-order valence-corrected chi connectivity index (χ4v) is 2.05. The van der Waals surface area contributed by atoms with Crippen LogP contribution in [0.25, 0.3) is 0 Å². The Labute approximate surface area is 107 Å². The van der Waals surface area contributed by atoms with Gasteiger partial charge in [0.2, 0.25) is 0 Å². The highest BCUT2D eigenvalue weighted by molar-refractivity contribution is 9.10. The summed E-state index contributed by atoms with van der Waals surface area (Å²) in [6, 6.07) is 2.38. The molecule has 0 aliphatic rings. The maximum atomic E-state index is 13.5. The van der Waals surface area contributed by atoms with Gasteiger partial charge in [-0.25, -0.2) is 4.39 Å². The molecule has 0 saturated heterocycles. The molecule has 0 aromatic heterocycles. The Balaban J connectivity index is 2.88. The van der Waals surface area contributed by atoms with E-state index in [1.807, 2.05) is 0 Å². The van der Waals surface area contributed by atoms with Gasteiger partial charge in [-0.05, 0) is 40.0 Å². The summed E-state index contributed by atoms with van der Waals surface area (Å²) in [5.41, 5.74) is 6.32. The predicted molar refractivity (Wildman–Crippen MR) is 64.5 cm³/mol. The number of carboxylic acids is 1. The highest BCUT2D eigenvalue weighted by Crippen LogP contribution is 2.31. The van der Waals surface area contributed by atoms with Gasteiger partial charge in [0.1, 0.15) is 0 Å². The van der Waals surface area contributed by atoms with Gasteiger partial charge in [0, 0.05) is 12.5 Å². The Morgan fingerprint density at radius 3 is 2.76 bits per heavy atom. The molecule has 0 saturated carbocycles. The molecule has 1 aromatic carbocycles. The molecule has 1 atom stereocenters. The minimum absolute atomic E-state index is 0.0492. The van der Waals surface area contributed by atoms with Crippen molar-refractivity contribution in [3.63, 3.8) is 0 Å². The summed E-state index contributed by atoms with van der Waals surface area (Å²) in [5.74, 6) is -1.34. The molecule has 0 amide bonds. The fourth-order valence-electron chi connectivity index (χ4n) is 1.43. The van der Waals surface area contributed by atoms with Crippen molar-refractivity contribution in [1.29, 1.82) is 0 Å². The molecule has 4 nitrogen and oxygen atoms in total. The Bertz CT molecular complexity index is 402. The number of carbonyl (C=O) groups is 1. The van der Waals surface area contributed by atoms with Gasteiger partial charge in [-0.15, -0.1) is 0 Å². The lowest BCUT2D eigenvalue weighted by atomic mass is 10.0. The number of hydrogen-bond donors (Lipinski definition) is 2. The summed E-state index contributed by atoms with van der Waals surface area (Å²) in [5, 5.41) is 8.54. The maximum absolute atomic E-state index is 13.5. The molecule has 0 aliphatic heterocycles. The molecule has 17 heavy (non-hydrogen) atoms. The molecule has 0 aliphatic carbocycles. The molecule has 94 valence electrons. The Morgan fingerprint density at radius 1 is 1.65 bits per heavy atom. The van der Waals surface area contributed by atoms with Crippen LogP contribution in [0, 0.1) is 5.82 Å². The van der Waals surface area contributed by atoms with Crippen molar-refractivity contribution in [3.8, 4) is 5.75 Å². The molecule has 1 rings (SSSR count). The Hall–Kier alpha value is -1.14. The first-order chi connectivity index (χ1) is 7.95. The van der Waals surface area contributed by atoms with E-state index < -0.39 is 17.8 Å². The fraction of sp³-hybridized carbons (Fsp3) is 0.364. The predicted octanol–water partition coefficient (Wildman–Crippen LogP) is 2.46. The van der Waals surface area contributed by atoms with Gasteiger partial charge in [-0.2, -0.15) is 0 Å². The molecule has 0 spiro atoms. The van der Waals surface area contributed by atoms with Crippen LogP contribution in [-0.2, 0) is 4.79 Å². The van der Waals surface area contributed by atoms with Crippen molar-refractivity contribution < 1.29 is 19.0 Å². The standard InChI is InChI=1S/C11H13BrFNO3/c1-17-11-7(12)4-6(5-8(11)13)9(14)2-3-10(15)16/h4-5,9H,2-3,14H2,1H3,(H,15,16). The minimum atomic E-state index is -0.923. The highest BCUT2D eigenvalue weighted by Gasteiger charge is 2.14. The first kappa shape index (κ1) is 13.9. The number of methoxy groups -OCH3 is 1. The van der Waals surface area contributed by atoms with Crippen LogP contribution in [0.3, 0.4) is 0 Å². The summed E-state index contributed by atoms with van der Waals surface area (Å²) in [4.78, 5) is 10.4. The topological polar surface area (TPSA) is 72.5 Å². The van der Waals surface area contributed by atoms with Gasteiger partial charge in [-0.1, -0.05) is 0 Å². The molecule has 6 heteroatoms. The Kier molecular flexibility index (Phi) is 4.89. The zero-order valence-corrected chi connectivity index (χ0v) is 10.8. The lowest BCUT2D eigenvalue weighted by Crippen LogP contribution is -2.12. The minimum Gasteiger partial charge on any atom is -0.492 e. The van der Waals surface area contributed by atoms with E-state index in [0.717, 1.165) is 0 Å². The van der Waals surface area contributed by atoms with Gasteiger partial charge >= 0.3 is 5.97 Å². The van der Waals surface area contributed by atoms with Crippen LogP contribution in [0.2, 0.25) is 0 Å². The van der Waals surface area contributed by atoms with Crippen LogP contribution in [-0.4, -0.2) is 18.2 Å². The van der Waals surface area contributed by atoms with Crippen molar-refractivity contribution >= 4 is 21.9 Å². The molecular weight excluding hydrogens is 293 g/mol.